The van der Waals surface area contributed by atoms with Gasteiger partial charge in [-0.1, -0.05) is 18.2 Å². The second-order valence-corrected chi connectivity index (χ2v) is 5.46. The molecule has 2 atom stereocenters. The molecule has 2 unspecified atom stereocenters. The number of ether oxygens (including phenoxy) is 1. The van der Waals surface area contributed by atoms with Gasteiger partial charge in [-0.3, -0.25) is 4.90 Å². The van der Waals surface area contributed by atoms with Crippen LogP contribution in [0.15, 0.2) is 24.3 Å². The van der Waals surface area contributed by atoms with Gasteiger partial charge in [-0.25, -0.2) is 0 Å². The van der Waals surface area contributed by atoms with Gasteiger partial charge in [0.1, 0.15) is 5.75 Å². The maximum Gasteiger partial charge on any atom is 0.123 e. The summed E-state index contributed by atoms with van der Waals surface area (Å²) >= 11 is 0. The van der Waals surface area contributed by atoms with Crippen LogP contribution in [0.2, 0.25) is 0 Å². The Morgan fingerprint density at radius 2 is 2.00 bits per heavy atom. The summed E-state index contributed by atoms with van der Waals surface area (Å²) in [6.07, 6.45) is 5.01. The molecule has 1 aliphatic heterocycles. The number of nitrogens with zero attached hydrogens (tertiary/aromatic N) is 1. The van der Waals surface area contributed by atoms with E-state index < -0.39 is 0 Å². The minimum atomic E-state index is 0.232. The summed E-state index contributed by atoms with van der Waals surface area (Å²) in [6.45, 7) is 1.18. The van der Waals surface area contributed by atoms with Crippen molar-refractivity contribution >= 4 is 0 Å². The number of piperidine rings is 1. The van der Waals surface area contributed by atoms with Gasteiger partial charge in [-0.15, -0.1) is 0 Å². The normalized spacial score (nSPS) is 29.2. The summed E-state index contributed by atoms with van der Waals surface area (Å²) in [4.78, 5) is 2.60. The molecule has 98 valence electrons. The summed E-state index contributed by atoms with van der Waals surface area (Å²) in [5.41, 5.74) is 7.66. The van der Waals surface area contributed by atoms with Crippen molar-refractivity contribution in [3.8, 4) is 5.75 Å². The zero-order valence-electron chi connectivity index (χ0n) is 11.0. The molecule has 0 amide bonds. The first kappa shape index (κ1) is 12.0. The fourth-order valence-electron chi connectivity index (χ4n) is 3.19. The van der Waals surface area contributed by atoms with Gasteiger partial charge in [0.2, 0.25) is 0 Å². The molecule has 0 radical (unpaired) electrons. The number of hydrogen-bond acceptors (Lipinski definition) is 3. The van der Waals surface area contributed by atoms with Crippen LogP contribution in [0.4, 0.5) is 0 Å². The highest BCUT2D eigenvalue weighted by Crippen LogP contribution is 2.41. The number of rotatable bonds is 3. The lowest BCUT2D eigenvalue weighted by molar-refractivity contribution is 0.117. The number of para-hydroxylation sites is 1. The molecule has 1 aliphatic carbocycles. The number of methoxy groups -OCH3 is 1. The molecule has 1 aromatic carbocycles. The fourth-order valence-corrected chi connectivity index (χ4v) is 3.19. The summed E-state index contributed by atoms with van der Waals surface area (Å²) < 4.78 is 5.51. The predicted molar refractivity (Wildman–Crippen MR) is 72.7 cm³/mol. The van der Waals surface area contributed by atoms with Crippen molar-refractivity contribution in [1.82, 2.24) is 4.90 Å². The molecule has 3 rings (SSSR count). The third-order valence-electron chi connectivity index (χ3n) is 4.19. The Morgan fingerprint density at radius 1 is 1.22 bits per heavy atom. The lowest BCUT2D eigenvalue weighted by atomic mass is 9.90. The van der Waals surface area contributed by atoms with Gasteiger partial charge in [0.25, 0.3) is 0 Å². The van der Waals surface area contributed by atoms with Gasteiger partial charge in [0.15, 0.2) is 0 Å². The third-order valence-corrected chi connectivity index (χ3v) is 4.19. The average Bonchev–Trinajstić information content (AvgIpc) is 3.23. The van der Waals surface area contributed by atoms with E-state index in [1.807, 2.05) is 12.1 Å². The molecule has 3 heteroatoms. The van der Waals surface area contributed by atoms with E-state index in [-0.39, 0.29) is 6.04 Å². The molecule has 3 nitrogen and oxygen atoms in total. The molecule has 0 aromatic heterocycles. The van der Waals surface area contributed by atoms with Gasteiger partial charge in [-0.05, 0) is 38.3 Å². The molecule has 2 N–H and O–H groups in total. The number of benzene rings is 1. The minimum absolute atomic E-state index is 0.232. The first-order valence-corrected chi connectivity index (χ1v) is 6.95. The highest BCUT2D eigenvalue weighted by molar-refractivity contribution is 5.37. The summed E-state index contributed by atoms with van der Waals surface area (Å²) in [5, 5.41) is 0. The molecule has 1 heterocycles. The van der Waals surface area contributed by atoms with Crippen molar-refractivity contribution in [1.29, 1.82) is 0 Å². The Morgan fingerprint density at radius 3 is 2.72 bits per heavy atom. The van der Waals surface area contributed by atoms with E-state index in [0.717, 1.165) is 18.2 Å². The van der Waals surface area contributed by atoms with Crippen molar-refractivity contribution in [2.45, 2.75) is 43.8 Å². The molecular formula is C15H22N2O. The molecule has 0 bridgehead atoms. The van der Waals surface area contributed by atoms with Gasteiger partial charge in [0, 0.05) is 17.6 Å². The molecular weight excluding hydrogens is 224 g/mol. The molecule has 2 aliphatic rings. The Hall–Kier alpha value is -1.06. The second kappa shape index (κ2) is 4.90. The van der Waals surface area contributed by atoms with E-state index in [1.54, 1.807) is 7.11 Å². The summed E-state index contributed by atoms with van der Waals surface area (Å²) in [7, 11) is 1.74. The average molecular weight is 246 g/mol. The quantitative estimate of drug-likeness (QED) is 0.889. The van der Waals surface area contributed by atoms with Crippen LogP contribution in [-0.4, -0.2) is 30.6 Å². The van der Waals surface area contributed by atoms with Crippen molar-refractivity contribution in [3.63, 3.8) is 0 Å². The van der Waals surface area contributed by atoms with E-state index in [4.69, 9.17) is 10.5 Å². The monoisotopic (exact) mass is 246 g/mol. The largest absolute Gasteiger partial charge is 0.496 e. The molecule has 18 heavy (non-hydrogen) atoms. The highest BCUT2D eigenvalue weighted by atomic mass is 16.5. The molecule has 0 spiro atoms. The molecule has 2 fully saturated rings. The van der Waals surface area contributed by atoms with E-state index in [0.29, 0.717) is 6.04 Å². The van der Waals surface area contributed by atoms with Crippen molar-refractivity contribution in [2.75, 3.05) is 13.7 Å². The predicted octanol–water partition coefficient (Wildman–Crippen LogP) is 2.32. The van der Waals surface area contributed by atoms with Gasteiger partial charge in [0.05, 0.1) is 13.2 Å². The van der Waals surface area contributed by atoms with Crippen LogP contribution in [0.25, 0.3) is 0 Å². The maximum atomic E-state index is 6.39. The lowest BCUT2D eigenvalue weighted by Crippen LogP contribution is -2.46. The Kier molecular flexibility index (Phi) is 3.27. The smallest absolute Gasteiger partial charge is 0.123 e. The van der Waals surface area contributed by atoms with Crippen molar-refractivity contribution < 1.29 is 4.74 Å². The Labute approximate surface area is 109 Å². The van der Waals surface area contributed by atoms with Crippen LogP contribution in [0.1, 0.15) is 37.3 Å². The standard InChI is InChI=1S/C15H22N2O/c1-18-14-7-3-2-5-12(14)15-13(16)6-4-10-17(15)11-8-9-11/h2-3,5,7,11,13,15H,4,6,8-10,16H2,1H3. The second-order valence-electron chi connectivity index (χ2n) is 5.46. The van der Waals surface area contributed by atoms with Crippen LogP contribution in [0.5, 0.6) is 5.75 Å². The number of likely N-dealkylation sites (tertiary alicyclic amines) is 1. The van der Waals surface area contributed by atoms with Crippen LogP contribution in [0.3, 0.4) is 0 Å². The van der Waals surface area contributed by atoms with Crippen LogP contribution in [-0.2, 0) is 0 Å². The molecule has 1 saturated carbocycles. The lowest BCUT2D eigenvalue weighted by Gasteiger charge is -2.40. The van der Waals surface area contributed by atoms with Crippen LogP contribution >= 0.6 is 0 Å². The first-order chi connectivity index (χ1) is 8.81. The third kappa shape index (κ3) is 2.13. The maximum absolute atomic E-state index is 6.39. The Balaban J connectivity index is 1.94. The summed E-state index contributed by atoms with van der Waals surface area (Å²) in [6, 6.07) is 9.65. The van der Waals surface area contributed by atoms with Crippen LogP contribution in [0, 0.1) is 0 Å². The zero-order chi connectivity index (χ0) is 12.5. The van der Waals surface area contributed by atoms with Crippen LogP contribution < -0.4 is 10.5 Å². The van der Waals surface area contributed by atoms with Crippen molar-refractivity contribution in [2.24, 2.45) is 5.73 Å². The van der Waals surface area contributed by atoms with Gasteiger partial charge < -0.3 is 10.5 Å². The van der Waals surface area contributed by atoms with Gasteiger partial charge in [-0.2, -0.15) is 0 Å². The highest BCUT2D eigenvalue weighted by Gasteiger charge is 2.40. The minimum Gasteiger partial charge on any atom is -0.496 e. The van der Waals surface area contributed by atoms with E-state index >= 15 is 0 Å². The number of hydrogen-bond donors (Lipinski definition) is 1. The first-order valence-electron chi connectivity index (χ1n) is 6.95. The van der Waals surface area contributed by atoms with E-state index in [9.17, 15) is 0 Å². The summed E-state index contributed by atoms with van der Waals surface area (Å²) in [5.74, 6) is 0.977. The molecule has 1 saturated heterocycles. The van der Waals surface area contributed by atoms with E-state index in [1.165, 1.54) is 31.4 Å². The number of nitrogens with two attached hydrogens (primary N) is 1. The molecule has 1 aromatic rings. The SMILES string of the molecule is COc1ccccc1C1C(N)CCCN1C1CC1. The topological polar surface area (TPSA) is 38.5 Å². The van der Waals surface area contributed by atoms with Crippen molar-refractivity contribution in [3.05, 3.63) is 29.8 Å². The van der Waals surface area contributed by atoms with E-state index in [2.05, 4.69) is 17.0 Å². The van der Waals surface area contributed by atoms with Gasteiger partial charge >= 0.3 is 0 Å². The Bertz CT molecular complexity index is 417. The fraction of sp³-hybridized carbons (Fsp3) is 0.600. The zero-order valence-corrected chi connectivity index (χ0v) is 11.0.